The van der Waals surface area contributed by atoms with Crippen molar-refractivity contribution in [2.24, 2.45) is 16.5 Å². The van der Waals surface area contributed by atoms with E-state index in [0.29, 0.717) is 0 Å². The molecular formula is C9H10ClN3O3S. The number of nitrogens with two attached hydrogens (primary N) is 2. The minimum atomic E-state index is -3.43. The molecule has 8 heteroatoms. The lowest BCUT2D eigenvalue weighted by atomic mass is 10.2. The summed E-state index contributed by atoms with van der Waals surface area (Å²) >= 11 is 5.76. The Morgan fingerprint density at radius 3 is 2.41 bits per heavy atom. The second-order valence-electron chi connectivity index (χ2n) is 3.26. The van der Waals surface area contributed by atoms with Crippen LogP contribution in [-0.2, 0) is 9.84 Å². The first-order chi connectivity index (χ1) is 7.71. The highest BCUT2D eigenvalue weighted by Crippen LogP contribution is 2.21. The predicted octanol–water partition coefficient (Wildman–Crippen LogP) is 0.157. The zero-order valence-corrected chi connectivity index (χ0v) is 10.4. The number of nitrogens with zero attached hydrogens (tertiary/aromatic N) is 1. The van der Waals surface area contributed by atoms with Crippen molar-refractivity contribution in [3.63, 3.8) is 0 Å². The van der Waals surface area contributed by atoms with E-state index >= 15 is 0 Å². The number of guanidine groups is 1. The van der Waals surface area contributed by atoms with Crippen molar-refractivity contribution < 1.29 is 13.2 Å². The van der Waals surface area contributed by atoms with Crippen molar-refractivity contribution in [1.29, 1.82) is 0 Å². The molecule has 0 unspecified atom stereocenters. The van der Waals surface area contributed by atoms with Crippen molar-refractivity contribution in [3.05, 3.63) is 28.8 Å². The standard InChI is InChI=1S/C9H10ClN3O3S/c1-17(15,16)5-2-3-7(10)6(4-5)8(14)13-9(11)12/h2-4H,1H3,(H4,11,12,13,14). The molecule has 0 heterocycles. The van der Waals surface area contributed by atoms with Crippen LogP contribution < -0.4 is 11.5 Å². The smallest absolute Gasteiger partial charge is 0.281 e. The van der Waals surface area contributed by atoms with Crippen LogP contribution in [0.1, 0.15) is 10.4 Å². The van der Waals surface area contributed by atoms with Gasteiger partial charge in [0.05, 0.1) is 15.5 Å². The molecule has 17 heavy (non-hydrogen) atoms. The van der Waals surface area contributed by atoms with Gasteiger partial charge in [0.2, 0.25) is 0 Å². The number of amides is 1. The number of carbonyl (C=O) groups is 1. The summed E-state index contributed by atoms with van der Waals surface area (Å²) in [5, 5.41) is 0.0763. The Hall–Kier alpha value is -1.60. The van der Waals surface area contributed by atoms with Gasteiger partial charge in [-0.15, -0.1) is 0 Å². The van der Waals surface area contributed by atoms with Gasteiger partial charge < -0.3 is 11.5 Å². The lowest BCUT2D eigenvalue weighted by Gasteiger charge is -2.03. The number of hydrogen-bond donors (Lipinski definition) is 2. The fourth-order valence-electron chi connectivity index (χ4n) is 1.08. The number of aliphatic imine (C=N–C) groups is 1. The zero-order chi connectivity index (χ0) is 13.2. The van der Waals surface area contributed by atoms with Gasteiger partial charge in [0.25, 0.3) is 5.91 Å². The van der Waals surface area contributed by atoms with Crippen LogP contribution in [0.5, 0.6) is 0 Å². The van der Waals surface area contributed by atoms with Crippen LogP contribution in [0.15, 0.2) is 28.1 Å². The van der Waals surface area contributed by atoms with Crippen LogP contribution in [0.2, 0.25) is 5.02 Å². The molecule has 0 radical (unpaired) electrons. The largest absolute Gasteiger partial charge is 0.370 e. The molecule has 0 saturated heterocycles. The number of rotatable bonds is 2. The topological polar surface area (TPSA) is 116 Å². The quantitative estimate of drug-likeness (QED) is 0.589. The Balaban J connectivity index is 3.35. The molecule has 0 bridgehead atoms. The summed E-state index contributed by atoms with van der Waals surface area (Å²) < 4.78 is 22.6. The minimum Gasteiger partial charge on any atom is -0.370 e. The molecule has 0 fully saturated rings. The molecule has 0 aliphatic rings. The molecule has 0 spiro atoms. The average molecular weight is 276 g/mol. The maximum Gasteiger partial charge on any atom is 0.281 e. The van der Waals surface area contributed by atoms with E-state index in [4.69, 9.17) is 23.1 Å². The molecule has 1 aromatic rings. The molecule has 1 amide bonds. The lowest BCUT2D eigenvalue weighted by molar-refractivity contribution is 0.100. The second-order valence-corrected chi connectivity index (χ2v) is 5.68. The van der Waals surface area contributed by atoms with Gasteiger partial charge in [0.1, 0.15) is 0 Å². The number of benzene rings is 1. The van der Waals surface area contributed by atoms with Crippen LogP contribution in [-0.4, -0.2) is 26.5 Å². The molecule has 1 rings (SSSR count). The number of halogens is 1. The van der Waals surface area contributed by atoms with Crippen molar-refractivity contribution in [3.8, 4) is 0 Å². The van der Waals surface area contributed by atoms with Gasteiger partial charge in [-0.2, -0.15) is 4.99 Å². The summed E-state index contributed by atoms with van der Waals surface area (Å²) in [6, 6.07) is 3.73. The van der Waals surface area contributed by atoms with Crippen molar-refractivity contribution in [1.82, 2.24) is 0 Å². The fourth-order valence-corrected chi connectivity index (χ4v) is 1.92. The van der Waals surface area contributed by atoms with E-state index in [2.05, 4.69) is 4.99 Å². The highest BCUT2D eigenvalue weighted by atomic mass is 35.5. The lowest BCUT2D eigenvalue weighted by Crippen LogP contribution is -2.24. The Morgan fingerprint density at radius 1 is 1.35 bits per heavy atom. The molecule has 6 nitrogen and oxygen atoms in total. The Morgan fingerprint density at radius 2 is 1.94 bits per heavy atom. The third-order valence-electron chi connectivity index (χ3n) is 1.83. The third kappa shape index (κ3) is 3.43. The SMILES string of the molecule is CS(=O)(=O)c1ccc(Cl)c(C(=O)N=C(N)N)c1. The van der Waals surface area contributed by atoms with Gasteiger partial charge in [-0.25, -0.2) is 8.42 Å². The number of sulfone groups is 1. The van der Waals surface area contributed by atoms with E-state index in [1.807, 2.05) is 0 Å². The summed E-state index contributed by atoms with van der Waals surface area (Å²) in [6.45, 7) is 0. The van der Waals surface area contributed by atoms with Gasteiger partial charge in [0, 0.05) is 6.26 Å². The van der Waals surface area contributed by atoms with E-state index in [0.717, 1.165) is 12.3 Å². The van der Waals surface area contributed by atoms with E-state index in [1.165, 1.54) is 12.1 Å². The summed E-state index contributed by atoms with van der Waals surface area (Å²) in [5.41, 5.74) is 10.0. The highest BCUT2D eigenvalue weighted by molar-refractivity contribution is 7.90. The van der Waals surface area contributed by atoms with E-state index < -0.39 is 21.7 Å². The van der Waals surface area contributed by atoms with Crippen LogP contribution in [0.25, 0.3) is 0 Å². The first kappa shape index (κ1) is 13.5. The molecule has 0 aliphatic carbocycles. The first-order valence-electron chi connectivity index (χ1n) is 4.35. The van der Waals surface area contributed by atoms with Crippen molar-refractivity contribution in [2.45, 2.75) is 4.90 Å². The average Bonchev–Trinajstić information content (AvgIpc) is 2.15. The van der Waals surface area contributed by atoms with Gasteiger partial charge in [-0.05, 0) is 18.2 Å². The fraction of sp³-hybridized carbons (Fsp3) is 0.111. The molecule has 1 aromatic carbocycles. The maximum atomic E-state index is 11.5. The molecule has 0 aromatic heterocycles. The Kier molecular flexibility index (Phi) is 3.74. The highest BCUT2D eigenvalue weighted by Gasteiger charge is 2.15. The third-order valence-corrected chi connectivity index (χ3v) is 3.27. The summed E-state index contributed by atoms with van der Waals surface area (Å²) in [4.78, 5) is 14.8. The van der Waals surface area contributed by atoms with Gasteiger partial charge in [0.15, 0.2) is 15.8 Å². The van der Waals surface area contributed by atoms with E-state index in [1.54, 1.807) is 0 Å². The monoisotopic (exact) mass is 275 g/mol. The minimum absolute atomic E-state index is 0.0314. The van der Waals surface area contributed by atoms with Crippen LogP contribution >= 0.6 is 11.6 Å². The Labute approximate surface area is 103 Å². The molecule has 4 N–H and O–H groups in total. The van der Waals surface area contributed by atoms with Crippen LogP contribution in [0.4, 0.5) is 0 Å². The molecule has 92 valence electrons. The molecule has 0 aliphatic heterocycles. The summed E-state index contributed by atoms with van der Waals surface area (Å²) in [7, 11) is -3.43. The van der Waals surface area contributed by atoms with E-state index in [9.17, 15) is 13.2 Å². The van der Waals surface area contributed by atoms with Gasteiger partial charge in [-0.3, -0.25) is 4.79 Å². The summed E-state index contributed by atoms with van der Waals surface area (Å²) in [5.74, 6) is -1.21. The molecular weight excluding hydrogens is 266 g/mol. The van der Waals surface area contributed by atoms with Gasteiger partial charge >= 0.3 is 0 Å². The number of hydrogen-bond acceptors (Lipinski definition) is 3. The van der Waals surface area contributed by atoms with Crippen LogP contribution in [0, 0.1) is 0 Å². The zero-order valence-electron chi connectivity index (χ0n) is 8.84. The second kappa shape index (κ2) is 4.72. The predicted molar refractivity (Wildman–Crippen MR) is 64.7 cm³/mol. The van der Waals surface area contributed by atoms with Gasteiger partial charge in [-0.1, -0.05) is 11.6 Å². The first-order valence-corrected chi connectivity index (χ1v) is 6.62. The number of carbonyl (C=O) groups excluding carboxylic acids is 1. The van der Waals surface area contributed by atoms with E-state index in [-0.39, 0.29) is 15.5 Å². The van der Waals surface area contributed by atoms with Crippen LogP contribution in [0.3, 0.4) is 0 Å². The normalized spacial score (nSPS) is 10.9. The summed E-state index contributed by atoms with van der Waals surface area (Å²) in [6.07, 6.45) is 1.02. The Bertz CT molecular complexity index is 592. The maximum absolute atomic E-state index is 11.5. The molecule has 0 atom stereocenters. The van der Waals surface area contributed by atoms with Crippen molar-refractivity contribution >= 4 is 33.3 Å². The van der Waals surface area contributed by atoms with Crippen molar-refractivity contribution in [2.75, 3.05) is 6.26 Å². The molecule has 0 saturated carbocycles.